The molecule has 21 heavy (non-hydrogen) atoms. The molecule has 0 radical (unpaired) electrons. The van der Waals surface area contributed by atoms with Crippen molar-refractivity contribution in [3.05, 3.63) is 35.9 Å². The highest BCUT2D eigenvalue weighted by molar-refractivity contribution is 6.18. The fourth-order valence-electron chi connectivity index (χ4n) is 3.39. The van der Waals surface area contributed by atoms with Crippen molar-refractivity contribution in [3.8, 4) is 0 Å². The lowest BCUT2D eigenvalue weighted by Gasteiger charge is -2.31. The molecule has 0 N–H and O–H groups in total. The Morgan fingerprint density at radius 2 is 2.10 bits per heavy atom. The summed E-state index contributed by atoms with van der Waals surface area (Å²) in [6.07, 6.45) is 6.40. The highest BCUT2D eigenvalue weighted by Gasteiger charge is 2.21. The summed E-state index contributed by atoms with van der Waals surface area (Å²) < 4.78 is 0. The van der Waals surface area contributed by atoms with Crippen LogP contribution in [0.3, 0.4) is 0 Å². The maximum atomic E-state index is 6.17. The first kappa shape index (κ1) is 14.6. The van der Waals surface area contributed by atoms with E-state index in [2.05, 4.69) is 42.2 Å². The van der Waals surface area contributed by atoms with Crippen molar-refractivity contribution < 1.29 is 0 Å². The number of pyridine rings is 1. The second-order valence-electron chi connectivity index (χ2n) is 5.90. The maximum Gasteiger partial charge on any atom is 0.129 e. The minimum Gasteiger partial charge on any atom is -0.354 e. The number of nitrogens with zero attached hydrogens (tertiary/aromatic N) is 2. The van der Waals surface area contributed by atoms with Gasteiger partial charge < -0.3 is 4.90 Å². The van der Waals surface area contributed by atoms with Crippen molar-refractivity contribution >= 4 is 28.3 Å². The van der Waals surface area contributed by atoms with E-state index < -0.39 is 0 Å². The lowest BCUT2D eigenvalue weighted by atomic mass is 10.1. The first-order valence-corrected chi connectivity index (χ1v) is 8.58. The monoisotopic (exact) mass is 302 g/mol. The van der Waals surface area contributed by atoms with Crippen LogP contribution in [0.25, 0.3) is 10.9 Å². The zero-order valence-electron chi connectivity index (χ0n) is 12.7. The molecule has 3 heteroatoms. The number of anilines is 1. The van der Waals surface area contributed by atoms with Gasteiger partial charge in [0.15, 0.2) is 0 Å². The average molecular weight is 303 g/mol. The number of halogens is 1. The van der Waals surface area contributed by atoms with Crippen LogP contribution < -0.4 is 4.90 Å². The van der Waals surface area contributed by atoms with E-state index >= 15 is 0 Å². The van der Waals surface area contributed by atoms with Crippen LogP contribution in [0.4, 0.5) is 5.82 Å². The number of rotatable bonds is 3. The Bertz CT molecular complexity index is 611. The molecule has 112 valence electrons. The molecule has 1 aliphatic heterocycles. The molecule has 0 aliphatic carbocycles. The van der Waals surface area contributed by atoms with Crippen LogP contribution in [0, 0.1) is 0 Å². The van der Waals surface area contributed by atoms with Crippen LogP contribution in [0.15, 0.2) is 30.3 Å². The summed E-state index contributed by atoms with van der Waals surface area (Å²) in [6.45, 7) is 3.40. The number of fused-ring (bicyclic) bond motifs is 1. The van der Waals surface area contributed by atoms with Crippen molar-refractivity contribution in [1.82, 2.24) is 4.98 Å². The van der Waals surface area contributed by atoms with Crippen molar-refractivity contribution in [1.29, 1.82) is 0 Å². The molecular weight excluding hydrogens is 280 g/mol. The van der Waals surface area contributed by atoms with Crippen LogP contribution in [-0.4, -0.2) is 17.6 Å². The van der Waals surface area contributed by atoms with Gasteiger partial charge in [-0.2, -0.15) is 0 Å². The molecule has 0 amide bonds. The van der Waals surface area contributed by atoms with E-state index in [1.165, 1.54) is 43.1 Å². The molecule has 2 heterocycles. The zero-order chi connectivity index (χ0) is 14.7. The van der Waals surface area contributed by atoms with Crippen LogP contribution in [0.1, 0.15) is 44.6 Å². The van der Waals surface area contributed by atoms with E-state index in [4.69, 9.17) is 16.6 Å². The molecule has 1 atom stereocenters. The lowest BCUT2D eigenvalue weighted by molar-refractivity contribution is 0.552. The van der Waals surface area contributed by atoms with Crippen molar-refractivity contribution in [2.75, 3.05) is 11.4 Å². The second kappa shape index (κ2) is 6.65. The third kappa shape index (κ3) is 3.01. The van der Waals surface area contributed by atoms with Gasteiger partial charge in [0.2, 0.25) is 0 Å². The van der Waals surface area contributed by atoms with E-state index in [9.17, 15) is 0 Å². The summed E-state index contributed by atoms with van der Waals surface area (Å²) >= 11 is 6.17. The number of alkyl halides is 1. The Kier molecular flexibility index (Phi) is 4.64. The van der Waals surface area contributed by atoms with E-state index in [0.29, 0.717) is 11.9 Å². The van der Waals surface area contributed by atoms with E-state index in [0.717, 1.165) is 17.9 Å². The van der Waals surface area contributed by atoms with E-state index in [-0.39, 0.29) is 0 Å². The summed E-state index contributed by atoms with van der Waals surface area (Å²) in [4.78, 5) is 7.42. The smallest absolute Gasteiger partial charge is 0.129 e. The van der Waals surface area contributed by atoms with Gasteiger partial charge in [0.25, 0.3) is 0 Å². The largest absolute Gasteiger partial charge is 0.354 e. The Labute approximate surface area is 132 Å². The fraction of sp³-hybridized carbons (Fsp3) is 0.500. The molecule has 0 bridgehead atoms. The van der Waals surface area contributed by atoms with Crippen molar-refractivity contribution in [2.24, 2.45) is 0 Å². The standard InChI is InChI=1S/C18H23ClN2/c1-2-15-8-4-3-7-11-21(15)18-12-14(13-19)16-9-5-6-10-17(16)20-18/h5-6,9-10,12,15H,2-4,7-8,11,13H2,1H3. The minimum atomic E-state index is 0.542. The number of benzene rings is 1. The molecule has 1 aromatic carbocycles. The Morgan fingerprint density at radius 1 is 1.24 bits per heavy atom. The van der Waals surface area contributed by atoms with E-state index in [1.807, 2.05) is 0 Å². The molecule has 2 aromatic rings. The molecule has 1 saturated heterocycles. The quantitative estimate of drug-likeness (QED) is 0.730. The second-order valence-corrected chi connectivity index (χ2v) is 6.16. The van der Waals surface area contributed by atoms with Gasteiger partial charge in [-0.05, 0) is 37.0 Å². The topological polar surface area (TPSA) is 16.1 Å². The highest BCUT2D eigenvalue weighted by atomic mass is 35.5. The Hall–Kier alpha value is -1.28. The lowest BCUT2D eigenvalue weighted by Crippen LogP contribution is -2.35. The summed E-state index contributed by atoms with van der Waals surface area (Å²) in [5.41, 5.74) is 2.25. The molecule has 0 saturated carbocycles. The number of hydrogen-bond acceptors (Lipinski definition) is 2. The van der Waals surface area contributed by atoms with Gasteiger partial charge in [-0.3, -0.25) is 0 Å². The summed E-state index contributed by atoms with van der Waals surface area (Å²) in [7, 11) is 0. The zero-order valence-corrected chi connectivity index (χ0v) is 13.4. The molecule has 0 spiro atoms. The van der Waals surface area contributed by atoms with Gasteiger partial charge >= 0.3 is 0 Å². The van der Waals surface area contributed by atoms with Crippen LogP contribution in [-0.2, 0) is 5.88 Å². The molecule has 1 fully saturated rings. The van der Waals surface area contributed by atoms with Crippen molar-refractivity contribution in [2.45, 2.75) is 50.9 Å². The maximum absolute atomic E-state index is 6.17. The molecular formula is C18H23ClN2. The molecule has 1 unspecified atom stereocenters. The molecule has 2 nitrogen and oxygen atoms in total. The van der Waals surface area contributed by atoms with Gasteiger partial charge in [-0.15, -0.1) is 11.6 Å². The normalized spacial score (nSPS) is 19.7. The third-order valence-electron chi connectivity index (χ3n) is 4.57. The van der Waals surface area contributed by atoms with Crippen LogP contribution >= 0.6 is 11.6 Å². The number of para-hydroxylation sites is 1. The van der Waals surface area contributed by atoms with E-state index in [1.54, 1.807) is 0 Å². The van der Waals surface area contributed by atoms with Gasteiger partial charge in [-0.25, -0.2) is 4.98 Å². The Balaban J connectivity index is 2.05. The van der Waals surface area contributed by atoms with Crippen molar-refractivity contribution in [3.63, 3.8) is 0 Å². The predicted octanol–water partition coefficient (Wildman–Crippen LogP) is 5.13. The highest BCUT2D eigenvalue weighted by Crippen LogP contribution is 2.29. The number of aromatic nitrogens is 1. The van der Waals surface area contributed by atoms with Gasteiger partial charge in [0.05, 0.1) is 5.52 Å². The fourth-order valence-corrected chi connectivity index (χ4v) is 3.61. The molecule has 1 aliphatic rings. The van der Waals surface area contributed by atoms with Gasteiger partial charge in [0, 0.05) is 23.9 Å². The Morgan fingerprint density at radius 3 is 2.90 bits per heavy atom. The van der Waals surface area contributed by atoms with Crippen LogP contribution in [0.2, 0.25) is 0 Å². The van der Waals surface area contributed by atoms with Crippen LogP contribution in [0.5, 0.6) is 0 Å². The SMILES string of the molecule is CCC1CCCCCN1c1cc(CCl)c2ccccc2n1. The first-order valence-electron chi connectivity index (χ1n) is 8.04. The summed E-state index contributed by atoms with van der Waals surface area (Å²) in [6, 6.07) is 11.1. The third-order valence-corrected chi connectivity index (χ3v) is 4.86. The first-order chi connectivity index (χ1) is 10.3. The average Bonchev–Trinajstić information content (AvgIpc) is 2.79. The predicted molar refractivity (Wildman–Crippen MR) is 91.2 cm³/mol. The molecule has 3 rings (SSSR count). The summed E-state index contributed by atoms with van der Waals surface area (Å²) in [5, 5.41) is 1.18. The van der Waals surface area contributed by atoms with Gasteiger partial charge in [0.1, 0.15) is 5.82 Å². The summed E-state index contributed by atoms with van der Waals surface area (Å²) in [5.74, 6) is 1.65. The van der Waals surface area contributed by atoms with Gasteiger partial charge in [-0.1, -0.05) is 38.0 Å². The minimum absolute atomic E-state index is 0.542. The molecule has 1 aromatic heterocycles. The number of hydrogen-bond donors (Lipinski definition) is 0.